The van der Waals surface area contributed by atoms with Gasteiger partial charge in [-0.15, -0.1) is 0 Å². The lowest BCUT2D eigenvalue weighted by Crippen LogP contribution is -2.51. The van der Waals surface area contributed by atoms with E-state index in [9.17, 15) is 23.5 Å². The number of hydrogen-bond donors (Lipinski definition) is 3. The zero-order valence-electron chi connectivity index (χ0n) is 20.0. The number of ketones is 1. The van der Waals surface area contributed by atoms with Gasteiger partial charge in [-0.1, -0.05) is 38.1 Å². The molecule has 0 radical (unpaired) electrons. The molecule has 34 heavy (non-hydrogen) atoms. The largest absolute Gasteiger partial charge is 0.390 e. The third-order valence-electron chi connectivity index (χ3n) is 6.49. The van der Waals surface area contributed by atoms with Crippen molar-refractivity contribution >= 4 is 11.7 Å². The van der Waals surface area contributed by atoms with Gasteiger partial charge in [0.05, 0.1) is 12.1 Å². The van der Waals surface area contributed by atoms with Crippen LogP contribution in [0.4, 0.5) is 8.78 Å². The molecule has 3 N–H and O–H groups in total. The van der Waals surface area contributed by atoms with E-state index in [2.05, 4.69) is 42.7 Å². The molecule has 2 aromatic carbocycles. The quantitative estimate of drug-likeness (QED) is 0.516. The number of Topliss-reactive ketones (excluding diaryl/α,β-unsaturated/α-hetero) is 1. The van der Waals surface area contributed by atoms with Gasteiger partial charge in [0.25, 0.3) is 0 Å². The lowest BCUT2D eigenvalue weighted by molar-refractivity contribution is -0.121. The summed E-state index contributed by atoms with van der Waals surface area (Å²) in [6.07, 6.45) is 0.668. The lowest BCUT2D eigenvalue weighted by atomic mass is 9.78. The summed E-state index contributed by atoms with van der Waals surface area (Å²) in [6, 6.07) is 10.7. The van der Waals surface area contributed by atoms with Crippen molar-refractivity contribution in [3.8, 4) is 0 Å². The summed E-state index contributed by atoms with van der Waals surface area (Å²) >= 11 is 0. The van der Waals surface area contributed by atoms with Gasteiger partial charge >= 0.3 is 0 Å². The molecule has 184 valence electrons. The summed E-state index contributed by atoms with van der Waals surface area (Å²) < 4.78 is 27.2. The van der Waals surface area contributed by atoms with E-state index >= 15 is 0 Å². The number of aliphatic hydroxyl groups is 1. The van der Waals surface area contributed by atoms with Crippen LogP contribution >= 0.6 is 0 Å². The van der Waals surface area contributed by atoms with Gasteiger partial charge in [0.2, 0.25) is 5.91 Å². The predicted octanol–water partition coefficient (Wildman–Crippen LogP) is 3.99. The van der Waals surface area contributed by atoms with E-state index in [1.165, 1.54) is 30.2 Å². The monoisotopic (exact) mass is 472 g/mol. The molecular weight excluding hydrogens is 438 g/mol. The smallest absolute Gasteiger partial charge is 0.217 e. The molecule has 1 aliphatic carbocycles. The van der Waals surface area contributed by atoms with E-state index in [0.717, 1.165) is 12.5 Å². The topological polar surface area (TPSA) is 78.4 Å². The number of hydrogen-bond acceptors (Lipinski definition) is 4. The molecule has 0 heterocycles. The van der Waals surface area contributed by atoms with Crippen molar-refractivity contribution in [2.75, 3.05) is 6.54 Å². The molecule has 1 fully saturated rings. The first-order valence-corrected chi connectivity index (χ1v) is 11.9. The van der Waals surface area contributed by atoms with Crippen molar-refractivity contribution in [3.05, 3.63) is 70.8 Å². The number of aliphatic hydroxyl groups excluding tert-OH is 1. The highest BCUT2D eigenvalue weighted by Crippen LogP contribution is 2.33. The Bertz CT molecular complexity index is 991. The van der Waals surface area contributed by atoms with E-state index in [1.54, 1.807) is 0 Å². The van der Waals surface area contributed by atoms with Gasteiger partial charge in [0.15, 0.2) is 0 Å². The summed E-state index contributed by atoms with van der Waals surface area (Å²) in [7, 11) is 0. The van der Waals surface area contributed by atoms with Gasteiger partial charge in [-0.3, -0.25) is 9.59 Å². The van der Waals surface area contributed by atoms with E-state index in [0.29, 0.717) is 24.3 Å². The van der Waals surface area contributed by atoms with Gasteiger partial charge in [-0.2, -0.15) is 0 Å². The molecule has 0 bridgehead atoms. The first-order chi connectivity index (χ1) is 16.1. The van der Waals surface area contributed by atoms with Crippen molar-refractivity contribution in [2.24, 2.45) is 0 Å². The number of amides is 1. The maximum Gasteiger partial charge on any atom is 0.217 e. The van der Waals surface area contributed by atoms with Gasteiger partial charge < -0.3 is 15.7 Å². The van der Waals surface area contributed by atoms with Gasteiger partial charge in [0.1, 0.15) is 17.4 Å². The number of halogens is 2. The highest BCUT2D eigenvalue weighted by Gasteiger charge is 2.32. The van der Waals surface area contributed by atoms with Crippen molar-refractivity contribution in [1.29, 1.82) is 0 Å². The van der Waals surface area contributed by atoms with Gasteiger partial charge in [-0.25, -0.2) is 8.78 Å². The molecule has 4 unspecified atom stereocenters. The molecule has 0 aromatic heterocycles. The fraction of sp³-hybridized carbons (Fsp3) is 0.481. The zero-order chi connectivity index (χ0) is 24.8. The average Bonchev–Trinajstić information content (AvgIpc) is 2.76. The zero-order valence-corrected chi connectivity index (χ0v) is 20.0. The van der Waals surface area contributed by atoms with Crippen LogP contribution in [0.15, 0.2) is 42.5 Å². The Morgan fingerprint density at radius 2 is 1.85 bits per heavy atom. The predicted molar refractivity (Wildman–Crippen MR) is 128 cm³/mol. The molecule has 1 aliphatic rings. The SMILES string of the molecule is CC(=O)NC(Cc1cc(F)cc(F)c1)C(O)CNC1CC(=O)CCC1c1cccc(C(C)C)c1. The van der Waals surface area contributed by atoms with Crippen LogP contribution in [0.2, 0.25) is 0 Å². The second-order valence-corrected chi connectivity index (χ2v) is 9.58. The molecule has 1 saturated carbocycles. The van der Waals surface area contributed by atoms with Crippen LogP contribution in [-0.2, 0) is 16.0 Å². The summed E-state index contributed by atoms with van der Waals surface area (Å²) in [5, 5.41) is 16.9. The first-order valence-electron chi connectivity index (χ1n) is 11.9. The third-order valence-corrected chi connectivity index (χ3v) is 6.49. The van der Waals surface area contributed by atoms with Crippen LogP contribution in [0.25, 0.3) is 0 Å². The maximum absolute atomic E-state index is 13.6. The number of rotatable bonds is 9. The molecule has 0 saturated heterocycles. The molecular formula is C27H34F2N2O3. The fourth-order valence-corrected chi connectivity index (χ4v) is 4.71. The Hall–Kier alpha value is -2.64. The Morgan fingerprint density at radius 3 is 2.50 bits per heavy atom. The highest BCUT2D eigenvalue weighted by molar-refractivity contribution is 5.80. The number of carbonyl (C=O) groups is 2. The molecule has 2 aromatic rings. The minimum absolute atomic E-state index is 0.0700. The second-order valence-electron chi connectivity index (χ2n) is 9.58. The van der Waals surface area contributed by atoms with Crippen molar-refractivity contribution in [3.63, 3.8) is 0 Å². The molecule has 4 atom stereocenters. The van der Waals surface area contributed by atoms with Crippen molar-refractivity contribution in [1.82, 2.24) is 10.6 Å². The molecule has 5 nitrogen and oxygen atoms in total. The summed E-state index contributed by atoms with van der Waals surface area (Å²) in [4.78, 5) is 23.9. The minimum Gasteiger partial charge on any atom is -0.390 e. The molecule has 0 aliphatic heterocycles. The minimum atomic E-state index is -1.02. The van der Waals surface area contributed by atoms with Crippen LogP contribution in [0.3, 0.4) is 0 Å². The van der Waals surface area contributed by atoms with Crippen LogP contribution < -0.4 is 10.6 Å². The van der Waals surface area contributed by atoms with E-state index < -0.39 is 23.8 Å². The first kappa shape index (κ1) is 26.0. The Labute approximate surface area is 200 Å². The van der Waals surface area contributed by atoms with Crippen molar-refractivity contribution in [2.45, 2.75) is 76.5 Å². The Kier molecular flexibility index (Phi) is 8.91. The number of nitrogens with one attached hydrogen (secondary N) is 2. The van der Waals surface area contributed by atoms with E-state index in [1.807, 2.05) is 6.07 Å². The normalized spacial score (nSPS) is 20.3. The molecule has 0 spiro atoms. The molecule has 3 rings (SSSR count). The standard InChI is InChI=1S/C27H34F2N2O3/c1-16(2)19-5-4-6-20(12-19)24-8-7-23(33)14-25(24)30-15-27(34)26(31-17(3)32)11-18-9-21(28)13-22(29)10-18/h4-6,9-10,12-13,16,24-27,30,34H,7-8,11,14-15H2,1-3H3,(H,31,32). The number of benzene rings is 2. The summed E-state index contributed by atoms with van der Waals surface area (Å²) in [6.45, 7) is 5.74. The van der Waals surface area contributed by atoms with Gasteiger partial charge in [-0.05, 0) is 47.6 Å². The second kappa shape index (κ2) is 11.7. The lowest BCUT2D eigenvalue weighted by Gasteiger charge is -2.34. The fourth-order valence-electron chi connectivity index (χ4n) is 4.71. The summed E-state index contributed by atoms with van der Waals surface area (Å²) in [5.74, 6) is -1.08. The number of carbonyl (C=O) groups excluding carboxylic acids is 2. The highest BCUT2D eigenvalue weighted by atomic mass is 19.1. The third kappa shape index (κ3) is 7.18. The van der Waals surface area contributed by atoms with Crippen LogP contribution in [0.5, 0.6) is 0 Å². The molecule has 1 amide bonds. The maximum atomic E-state index is 13.6. The average molecular weight is 473 g/mol. The van der Waals surface area contributed by atoms with Crippen LogP contribution in [0.1, 0.15) is 68.6 Å². The van der Waals surface area contributed by atoms with Crippen molar-refractivity contribution < 1.29 is 23.5 Å². The van der Waals surface area contributed by atoms with Crippen LogP contribution in [0, 0.1) is 11.6 Å². The summed E-state index contributed by atoms with van der Waals surface area (Å²) in [5.41, 5.74) is 2.74. The van der Waals surface area contributed by atoms with E-state index in [4.69, 9.17) is 0 Å². The van der Waals surface area contributed by atoms with E-state index in [-0.39, 0.29) is 36.6 Å². The van der Waals surface area contributed by atoms with Crippen LogP contribution in [-0.4, -0.2) is 41.5 Å². The Balaban J connectivity index is 1.72. The Morgan fingerprint density at radius 1 is 1.15 bits per heavy atom. The molecule has 7 heteroatoms. The van der Waals surface area contributed by atoms with Gasteiger partial charge in [0, 0.05) is 44.3 Å².